The van der Waals surface area contributed by atoms with Crippen molar-refractivity contribution >= 4 is 35.1 Å². The zero-order valence-corrected chi connectivity index (χ0v) is 29.1. The number of hydrogen-bond donors (Lipinski definition) is 2. The van der Waals surface area contributed by atoms with Gasteiger partial charge in [-0.3, -0.25) is 14.4 Å². The summed E-state index contributed by atoms with van der Waals surface area (Å²) in [6.07, 6.45) is 8.49. The average Bonchev–Trinajstić information content (AvgIpc) is 3.53. The van der Waals surface area contributed by atoms with Gasteiger partial charge in [-0.15, -0.1) is 0 Å². The van der Waals surface area contributed by atoms with Gasteiger partial charge >= 0.3 is 6.03 Å². The van der Waals surface area contributed by atoms with Gasteiger partial charge in [0.2, 0.25) is 17.6 Å². The third-order valence-electron chi connectivity index (χ3n) is 9.16. The highest BCUT2D eigenvalue weighted by Gasteiger charge is 2.47. The number of likely N-dealkylation sites (tertiary alicyclic amines) is 1. The van der Waals surface area contributed by atoms with Crippen LogP contribution in [0.25, 0.3) is 0 Å². The summed E-state index contributed by atoms with van der Waals surface area (Å²) in [7, 11) is 0. The van der Waals surface area contributed by atoms with Crippen molar-refractivity contribution in [3.63, 3.8) is 0 Å². The largest absolute Gasteiger partial charge is 0.472 e. The minimum Gasteiger partial charge on any atom is -0.472 e. The van der Waals surface area contributed by atoms with E-state index in [4.69, 9.17) is 20.8 Å². The van der Waals surface area contributed by atoms with E-state index in [2.05, 4.69) is 20.6 Å². The van der Waals surface area contributed by atoms with Crippen molar-refractivity contribution in [2.24, 2.45) is 17.3 Å². The molecule has 0 radical (unpaired) electrons. The number of aromatic nitrogens is 2. The van der Waals surface area contributed by atoms with E-state index in [9.17, 15) is 19.2 Å². The lowest BCUT2D eigenvalue weighted by atomic mass is 9.76. The van der Waals surface area contributed by atoms with Crippen molar-refractivity contribution in [1.82, 2.24) is 25.5 Å². The molecule has 5 rings (SSSR count). The lowest BCUT2D eigenvalue weighted by molar-refractivity contribution is -0.141. The van der Waals surface area contributed by atoms with Crippen LogP contribution in [0.2, 0.25) is 5.02 Å². The molecule has 0 bridgehead atoms. The maximum atomic E-state index is 14.3. The zero-order valence-electron chi connectivity index (χ0n) is 28.3. The SMILES string of the molecule is CC(C)(C)NC(=O)N[C@H](C(=O)N1C[C@H](Oc2ccc(Cl)cn2)C[C@H]1C(=O)CC(CC1CCC1)C(=O)c1ncc(C2CC2)o1)C(C)(C)C. The van der Waals surface area contributed by atoms with Gasteiger partial charge in [-0.1, -0.05) is 51.6 Å². The number of ketones is 2. The second-order valence-corrected chi connectivity index (χ2v) is 16.0. The number of amides is 3. The van der Waals surface area contributed by atoms with E-state index in [0.717, 1.165) is 37.9 Å². The third kappa shape index (κ3) is 9.12. The maximum absolute atomic E-state index is 14.3. The number of nitrogens with zero attached hydrogens (tertiary/aromatic N) is 3. The number of rotatable bonds is 12. The summed E-state index contributed by atoms with van der Waals surface area (Å²) < 4.78 is 12.0. The topological polar surface area (TPSA) is 144 Å². The average molecular weight is 670 g/mol. The highest BCUT2D eigenvalue weighted by atomic mass is 35.5. The van der Waals surface area contributed by atoms with E-state index in [1.165, 1.54) is 11.1 Å². The Labute approximate surface area is 281 Å². The molecule has 0 aromatic carbocycles. The molecule has 2 aromatic heterocycles. The maximum Gasteiger partial charge on any atom is 0.315 e. The minimum absolute atomic E-state index is 0.0467. The predicted octanol–water partition coefficient (Wildman–Crippen LogP) is 6.11. The standard InChI is InChI=1S/C35H48ClN5O6/c1-34(2,3)30(39-33(45)40-35(4,5)6)32(44)41-19-24(46-28-13-12-23(36)17-37-28)16-25(41)26(42)15-22(14-20-8-7-9-20)29(43)31-38-18-27(47-31)21-10-11-21/h12-13,17-18,20-22,24-25,30H,7-11,14-16,19H2,1-6H3,(H2,39,40,45)/t22?,24-,25+,30-/m1/s1. The first-order chi connectivity index (χ1) is 22.1. The number of carbonyl (C=O) groups excluding carboxylic acids is 4. The van der Waals surface area contributed by atoms with E-state index in [1.807, 2.05) is 41.5 Å². The Kier molecular flexibility index (Phi) is 10.3. The molecular weight excluding hydrogens is 622 g/mol. The Morgan fingerprint density at radius 2 is 1.77 bits per heavy atom. The Bertz CT molecular complexity index is 1450. The number of pyridine rings is 1. The first-order valence-electron chi connectivity index (χ1n) is 16.8. The minimum atomic E-state index is -0.937. The van der Waals surface area contributed by atoms with Crippen molar-refractivity contribution in [2.75, 3.05) is 6.54 Å². The van der Waals surface area contributed by atoms with E-state index < -0.39 is 47.0 Å². The molecule has 3 amide bonds. The predicted molar refractivity (Wildman–Crippen MR) is 176 cm³/mol. The number of ether oxygens (including phenoxy) is 1. The number of carbonyl (C=O) groups is 4. The molecule has 4 atom stereocenters. The first-order valence-corrected chi connectivity index (χ1v) is 17.1. The van der Waals surface area contributed by atoms with Crippen LogP contribution in [0.4, 0.5) is 4.79 Å². The molecular formula is C35H48ClN5O6. The summed E-state index contributed by atoms with van der Waals surface area (Å²) >= 11 is 6.01. The molecule has 2 saturated carbocycles. The quantitative estimate of drug-likeness (QED) is 0.258. The second-order valence-electron chi connectivity index (χ2n) is 15.6. The molecule has 1 aliphatic heterocycles. The summed E-state index contributed by atoms with van der Waals surface area (Å²) in [6.45, 7) is 11.3. The molecule has 11 nitrogen and oxygen atoms in total. The van der Waals surface area contributed by atoms with Gasteiger partial charge in [0, 0.05) is 42.5 Å². The van der Waals surface area contributed by atoms with Gasteiger partial charge in [0.15, 0.2) is 5.78 Å². The van der Waals surface area contributed by atoms with Crippen LogP contribution in [0.3, 0.4) is 0 Å². The molecule has 2 aromatic rings. The smallest absolute Gasteiger partial charge is 0.315 e. The normalized spacial score (nSPS) is 21.5. The van der Waals surface area contributed by atoms with Crippen LogP contribution in [0, 0.1) is 17.3 Å². The van der Waals surface area contributed by atoms with E-state index in [1.54, 1.807) is 18.3 Å². The molecule has 3 fully saturated rings. The van der Waals surface area contributed by atoms with Crippen LogP contribution in [0.15, 0.2) is 28.9 Å². The van der Waals surface area contributed by atoms with Crippen LogP contribution < -0.4 is 15.4 Å². The Hall–Kier alpha value is -3.47. The van der Waals surface area contributed by atoms with Gasteiger partial charge in [0.25, 0.3) is 5.89 Å². The number of Topliss-reactive ketones (excluding diaryl/α,β-unsaturated/α-hetero) is 2. The van der Waals surface area contributed by atoms with E-state index >= 15 is 0 Å². The summed E-state index contributed by atoms with van der Waals surface area (Å²) in [5.41, 5.74) is -1.19. The van der Waals surface area contributed by atoms with Gasteiger partial charge in [-0.2, -0.15) is 0 Å². The summed E-state index contributed by atoms with van der Waals surface area (Å²) in [4.78, 5) is 65.4. The van der Waals surface area contributed by atoms with Crippen LogP contribution in [-0.4, -0.2) is 68.6 Å². The molecule has 2 N–H and O–H groups in total. The lowest BCUT2D eigenvalue weighted by Crippen LogP contribution is -2.60. The van der Waals surface area contributed by atoms with Gasteiger partial charge in [0.05, 0.1) is 23.8 Å². The molecule has 1 saturated heterocycles. The summed E-state index contributed by atoms with van der Waals surface area (Å²) in [5, 5.41) is 6.18. The molecule has 256 valence electrons. The second kappa shape index (κ2) is 13.9. The Morgan fingerprint density at radius 1 is 1.04 bits per heavy atom. The molecule has 12 heteroatoms. The Morgan fingerprint density at radius 3 is 2.34 bits per heavy atom. The molecule has 3 heterocycles. The Balaban J connectivity index is 1.38. The summed E-state index contributed by atoms with van der Waals surface area (Å²) in [5.74, 6) is 0.284. The third-order valence-corrected chi connectivity index (χ3v) is 9.38. The van der Waals surface area contributed by atoms with Gasteiger partial charge in [-0.05, 0) is 57.4 Å². The number of nitrogens with one attached hydrogen (secondary N) is 2. The number of urea groups is 1. The van der Waals surface area contributed by atoms with E-state index in [0.29, 0.717) is 29.2 Å². The monoisotopic (exact) mass is 669 g/mol. The van der Waals surface area contributed by atoms with Crippen molar-refractivity contribution in [3.05, 3.63) is 41.2 Å². The number of halogens is 1. The molecule has 0 spiro atoms. The lowest BCUT2D eigenvalue weighted by Gasteiger charge is -2.36. The number of hydrogen-bond acceptors (Lipinski definition) is 8. The van der Waals surface area contributed by atoms with Gasteiger partial charge in [-0.25, -0.2) is 14.8 Å². The van der Waals surface area contributed by atoms with Crippen LogP contribution in [0.1, 0.15) is 115 Å². The van der Waals surface area contributed by atoms with Crippen LogP contribution in [0.5, 0.6) is 5.88 Å². The van der Waals surface area contributed by atoms with Crippen molar-refractivity contribution in [3.8, 4) is 5.88 Å². The van der Waals surface area contributed by atoms with Crippen molar-refractivity contribution in [1.29, 1.82) is 0 Å². The fourth-order valence-electron chi connectivity index (χ4n) is 6.28. The molecule has 3 aliphatic rings. The van der Waals surface area contributed by atoms with Crippen LogP contribution >= 0.6 is 11.6 Å². The fourth-order valence-corrected chi connectivity index (χ4v) is 6.39. The highest BCUT2D eigenvalue weighted by Crippen LogP contribution is 2.41. The van der Waals surface area contributed by atoms with Crippen molar-refractivity contribution in [2.45, 2.75) is 123 Å². The molecule has 2 aliphatic carbocycles. The highest BCUT2D eigenvalue weighted by molar-refractivity contribution is 6.30. The zero-order chi connectivity index (χ0) is 34.1. The molecule has 47 heavy (non-hydrogen) atoms. The number of oxazole rings is 1. The van der Waals surface area contributed by atoms with Gasteiger partial charge < -0.3 is 24.7 Å². The van der Waals surface area contributed by atoms with E-state index in [-0.39, 0.29) is 36.8 Å². The van der Waals surface area contributed by atoms with Crippen LogP contribution in [-0.2, 0) is 9.59 Å². The molecule has 1 unspecified atom stereocenters. The summed E-state index contributed by atoms with van der Waals surface area (Å²) in [6, 6.07) is 1.02. The van der Waals surface area contributed by atoms with Crippen molar-refractivity contribution < 1.29 is 28.3 Å². The van der Waals surface area contributed by atoms with Gasteiger partial charge in [0.1, 0.15) is 17.9 Å². The fraction of sp³-hybridized carbons (Fsp3) is 0.657. The first kappa shape index (κ1) is 34.9.